The van der Waals surface area contributed by atoms with E-state index in [1.165, 1.54) is 0 Å². The molecule has 0 aliphatic carbocycles. The van der Waals surface area contributed by atoms with Crippen molar-refractivity contribution in [3.8, 4) is 0 Å². The third-order valence-corrected chi connectivity index (χ3v) is 2.31. The minimum absolute atomic E-state index is 0.0361. The summed E-state index contributed by atoms with van der Waals surface area (Å²) in [5.74, 6) is 0.0726. The van der Waals surface area contributed by atoms with Crippen LogP contribution in [-0.4, -0.2) is 41.1 Å². The van der Waals surface area contributed by atoms with Gasteiger partial charge in [0.2, 0.25) is 5.91 Å². The van der Waals surface area contributed by atoms with Crippen molar-refractivity contribution in [1.29, 1.82) is 0 Å². The summed E-state index contributed by atoms with van der Waals surface area (Å²) in [5, 5.41) is 8.96. The van der Waals surface area contributed by atoms with Gasteiger partial charge in [-0.3, -0.25) is 4.79 Å². The minimum Gasteiger partial charge on any atom is -0.394 e. The van der Waals surface area contributed by atoms with Crippen molar-refractivity contribution in [2.24, 2.45) is 5.73 Å². The van der Waals surface area contributed by atoms with Gasteiger partial charge in [0.15, 0.2) is 0 Å². The first kappa shape index (κ1) is 9.48. The standard InChI is InChI=1S/C8H16N2O2/c1-2-7(5-11)10-4-6(9)3-8(10)12/h6-7,11H,2-5,9H2,1H3. The molecule has 1 aliphatic heterocycles. The minimum atomic E-state index is -0.0434. The Balaban J connectivity index is 2.56. The lowest BCUT2D eigenvalue weighted by molar-refractivity contribution is -0.130. The number of hydrogen-bond acceptors (Lipinski definition) is 3. The number of carbonyl (C=O) groups is 1. The Morgan fingerprint density at radius 1 is 1.83 bits per heavy atom. The molecule has 0 bridgehead atoms. The number of hydrogen-bond donors (Lipinski definition) is 2. The maximum Gasteiger partial charge on any atom is 0.224 e. The van der Waals surface area contributed by atoms with Gasteiger partial charge in [0, 0.05) is 19.0 Å². The topological polar surface area (TPSA) is 66.6 Å². The molecule has 2 unspecified atom stereocenters. The first-order valence-corrected chi connectivity index (χ1v) is 4.35. The molecule has 4 heteroatoms. The van der Waals surface area contributed by atoms with Crippen molar-refractivity contribution in [2.75, 3.05) is 13.2 Å². The Morgan fingerprint density at radius 2 is 2.50 bits per heavy atom. The highest BCUT2D eigenvalue weighted by Crippen LogP contribution is 2.14. The van der Waals surface area contributed by atoms with Crippen LogP contribution in [0.1, 0.15) is 19.8 Å². The highest BCUT2D eigenvalue weighted by molar-refractivity contribution is 5.79. The van der Waals surface area contributed by atoms with Crippen molar-refractivity contribution >= 4 is 5.91 Å². The Hall–Kier alpha value is -0.610. The van der Waals surface area contributed by atoms with Crippen LogP contribution in [-0.2, 0) is 4.79 Å². The zero-order chi connectivity index (χ0) is 9.14. The Labute approximate surface area is 72.3 Å². The van der Waals surface area contributed by atoms with Gasteiger partial charge < -0.3 is 15.7 Å². The number of carbonyl (C=O) groups excluding carboxylic acids is 1. The summed E-state index contributed by atoms with van der Waals surface area (Å²) in [6, 6.07) is -0.0795. The van der Waals surface area contributed by atoms with Gasteiger partial charge in [-0.1, -0.05) is 6.92 Å². The van der Waals surface area contributed by atoms with Crippen molar-refractivity contribution < 1.29 is 9.90 Å². The number of rotatable bonds is 3. The fourth-order valence-electron chi connectivity index (χ4n) is 1.56. The van der Waals surface area contributed by atoms with Crippen molar-refractivity contribution in [2.45, 2.75) is 31.8 Å². The molecule has 4 nitrogen and oxygen atoms in total. The fourth-order valence-corrected chi connectivity index (χ4v) is 1.56. The van der Waals surface area contributed by atoms with Gasteiger partial charge in [-0.05, 0) is 6.42 Å². The van der Waals surface area contributed by atoms with Crippen molar-refractivity contribution in [3.05, 3.63) is 0 Å². The number of amides is 1. The summed E-state index contributed by atoms with van der Waals surface area (Å²) in [6.07, 6.45) is 1.21. The fraction of sp³-hybridized carbons (Fsp3) is 0.875. The summed E-state index contributed by atoms with van der Waals surface area (Å²) < 4.78 is 0. The second-order valence-electron chi connectivity index (χ2n) is 3.25. The van der Waals surface area contributed by atoms with Crippen LogP contribution in [0.4, 0.5) is 0 Å². The molecular weight excluding hydrogens is 156 g/mol. The van der Waals surface area contributed by atoms with Crippen LogP contribution >= 0.6 is 0 Å². The maximum atomic E-state index is 11.3. The molecular formula is C8H16N2O2. The van der Waals surface area contributed by atoms with E-state index >= 15 is 0 Å². The maximum absolute atomic E-state index is 11.3. The highest BCUT2D eigenvalue weighted by atomic mass is 16.3. The quantitative estimate of drug-likeness (QED) is 0.592. The van der Waals surface area contributed by atoms with Gasteiger partial charge in [-0.2, -0.15) is 0 Å². The predicted octanol–water partition coefficient (Wildman–Crippen LogP) is -0.683. The molecule has 70 valence electrons. The first-order chi connectivity index (χ1) is 5.69. The third kappa shape index (κ3) is 1.76. The van der Waals surface area contributed by atoms with Gasteiger partial charge in [0.1, 0.15) is 0 Å². The first-order valence-electron chi connectivity index (χ1n) is 4.35. The molecule has 0 aromatic rings. The van der Waals surface area contributed by atoms with Crippen LogP contribution in [0, 0.1) is 0 Å². The molecule has 0 spiro atoms. The Bertz CT molecular complexity index is 168. The molecule has 0 aromatic heterocycles. The highest BCUT2D eigenvalue weighted by Gasteiger charge is 2.30. The van der Waals surface area contributed by atoms with Gasteiger partial charge in [0.25, 0.3) is 0 Å². The predicted molar refractivity (Wildman–Crippen MR) is 45.5 cm³/mol. The molecule has 1 heterocycles. The van der Waals surface area contributed by atoms with Crippen LogP contribution < -0.4 is 5.73 Å². The normalized spacial score (nSPS) is 26.4. The van der Waals surface area contributed by atoms with Gasteiger partial charge in [0.05, 0.1) is 12.6 Å². The summed E-state index contributed by atoms with van der Waals surface area (Å²) in [4.78, 5) is 13.0. The number of aliphatic hydroxyl groups excluding tert-OH is 1. The third-order valence-electron chi connectivity index (χ3n) is 2.31. The second-order valence-corrected chi connectivity index (χ2v) is 3.25. The summed E-state index contributed by atoms with van der Waals surface area (Å²) in [7, 11) is 0. The molecule has 0 aromatic carbocycles. The average Bonchev–Trinajstić information content (AvgIpc) is 2.34. The van der Waals surface area contributed by atoms with Gasteiger partial charge in [-0.15, -0.1) is 0 Å². The van der Waals surface area contributed by atoms with E-state index in [-0.39, 0.29) is 24.6 Å². The molecule has 12 heavy (non-hydrogen) atoms. The molecule has 1 aliphatic rings. The Morgan fingerprint density at radius 3 is 2.83 bits per heavy atom. The second kappa shape index (κ2) is 3.87. The molecule has 1 fully saturated rings. The smallest absolute Gasteiger partial charge is 0.224 e. The zero-order valence-electron chi connectivity index (χ0n) is 7.36. The van der Waals surface area contributed by atoms with E-state index in [4.69, 9.17) is 10.8 Å². The lowest BCUT2D eigenvalue weighted by Crippen LogP contribution is -2.39. The number of likely N-dealkylation sites (tertiary alicyclic amines) is 1. The van der Waals surface area contributed by atoms with Crippen LogP contribution in [0.3, 0.4) is 0 Å². The van der Waals surface area contributed by atoms with Crippen molar-refractivity contribution in [3.63, 3.8) is 0 Å². The van der Waals surface area contributed by atoms with Crippen LogP contribution in [0.25, 0.3) is 0 Å². The van der Waals surface area contributed by atoms with E-state index in [0.29, 0.717) is 13.0 Å². The summed E-state index contributed by atoms with van der Waals surface area (Å²) >= 11 is 0. The summed E-state index contributed by atoms with van der Waals surface area (Å²) in [6.45, 7) is 2.59. The van der Waals surface area contributed by atoms with E-state index in [1.54, 1.807) is 4.90 Å². The largest absolute Gasteiger partial charge is 0.394 e. The number of nitrogens with zero attached hydrogens (tertiary/aromatic N) is 1. The molecule has 3 N–H and O–H groups in total. The van der Waals surface area contributed by atoms with E-state index < -0.39 is 0 Å². The van der Waals surface area contributed by atoms with Crippen molar-refractivity contribution in [1.82, 2.24) is 4.90 Å². The molecule has 1 amide bonds. The Kier molecular flexibility index (Phi) is 3.05. The number of aliphatic hydroxyl groups is 1. The average molecular weight is 172 g/mol. The van der Waals surface area contributed by atoms with Gasteiger partial charge in [-0.25, -0.2) is 0 Å². The molecule has 1 rings (SSSR count). The van der Waals surface area contributed by atoms with Crippen LogP contribution in [0.15, 0.2) is 0 Å². The lowest BCUT2D eigenvalue weighted by atomic mass is 10.2. The molecule has 0 saturated carbocycles. The van der Waals surface area contributed by atoms with E-state index in [9.17, 15) is 4.79 Å². The lowest BCUT2D eigenvalue weighted by Gasteiger charge is -2.24. The van der Waals surface area contributed by atoms with E-state index in [2.05, 4.69) is 0 Å². The van der Waals surface area contributed by atoms with E-state index in [1.807, 2.05) is 6.92 Å². The monoisotopic (exact) mass is 172 g/mol. The van der Waals surface area contributed by atoms with Crippen LogP contribution in [0.2, 0.25) is 0 Å². The molecule has 2 atom stereocenters. The van der Waals surface area contributed by atoms with Gasteiger partial charge >= 0.3 is 0 Å². The summed E-state index contributed by atoms with van der Waals surface area (Å²) in [5.41, 5.74) is 5.62. The van der Waals surface area contributed by atoms with Crippen LogP contribution in [0.5, 0.6) is 0 Å². The zero-order valence-corrected chi connectivity index (χ0v) is 7.36. The number of nitrogens with two attached hydrogens (primary N) is 1. The van der Waals surface area contributed by atoms with E-state index in [0.717, 1.165) is 6.42 Å². The molecule has 1 saturated heterocycles. The SMILES string of the molecule is CCC(CO)N1CC(N)CC1=O. The molecule has 0 radical (unpaired) electrons.